The molecule has 102 valence electrons. The molecule has 0 saturated heterocycles. The third-order valence-corrected chi connectivity index (χ3v) is 3.44. The number of fused-ring (bicyclic) bond motifs is 1. The molecule has 0 bridgehead atoms. The zero-order chi connectivity index (χ0) is 14.1. The van der Waals surface area contributed by atoms with Crippen molar-refractivity contribution in [3.05, 3.63) is 59.8 Å². The Bertz CT molecular complexity index is 759. The molecule has 0 fully saturated rings. The predicted molar refractivity (Wildman–Crippen MR) is 80.1 cm³/mol. The van der Waals surface area contributed by atoms with E-state index in [2.05, 4.69) is 35.9 Å². The largest absolute Gasteiger partial charge is 0.508 e. The van der Waals surface area contributed by atoms with E-state index >= 15 is 0 Å². The summed E-state index contributed by atoms with van der Waals surface area (Å²) in [5, 5.41) is 10.6. The number of hydrogen-bond acceptors (Lipinski definition) is 2. The van der Waals surface area contributed by atoms with Crippen LogP contribution in [-0.2, 0) is 13.7 Å². The summed E-state index contributed by atoms with van der Waals surface area (Å²) >= 11 is 0. The average molecular weight is 267 g/mol. The van der Waals surface area contributed by atoms with E-state index < -0.39 is 0 Å². The van der Waals surface area contributed by atoms with Crippen LogP contribution in [0.25, 0.3) is 10.9 Å². The fraction of sp³-hybridized carbons (Fsp3) is 0.176. The number of nitrogens with zero attached hydrogens (tertiary/aromatic N) is 1. The summed E-state index contributed by atoms with van der Waals surface area (Å²) in [5.74, 6) is 0.894. The maximum Gasteiger partial charge on any atom is 0.123 e. The second-order valence-corrected chi connectivity index (χ2v) is 5.07. The number of aryl methyl sites for hydroxylation is 2. The van der Waals surface area contributed by atoms with Crippen LogP contribution in [0.1, 0.15) is 11.1 Å². The van der Waals surface area contributed by atoms with Gasteiger partial charge in [0.15, 0.2) is 0 Å². The molecule has 1 heterocycles. The van der Waals surface area contributed by atoms with Crippen molar-refractivity contribution in [2.75, 3.05) is 0 Å². The van der Waals surface area contributed by atoms with Crippen LogP contribution in [0.3, 0.4) is 0 Å². The number of benzene rings is 2. The Kier molecular flexibility index (Phi) is 3.11. The highest BCUT2D eigenvalue weighted by Crippen LogP contribution is 2.24. The van der Waals surface area contributed by atoms with Gasteiger partial charge in [0.05, 0.1) is 0 Å². The summed E-state index contributed by atoms with van der Waals surface area (Å²) in [7, 11) is 2.04. The number of rotatable bonds is 3. The molecule has 2 aromatic carbocycles. The number of phenolic OH excluding ortho intramolecular Hbond substituents is 1. The molecule has 3 rings (SSSR count). The summed E-state index contributed by atoms with van der Waals surface area (Å²) in [5.41, 5.74) is 3.60. The van der Waals surface area contributed by atoms with Gasteiger partial charge in [-0.15, -0.1) is 0 Å². The molecule has 0 saturated carbocycles. The Morgan fingerprint density at radius 3 is 2.80 bits per heavy atom. The first kappa shape index (κ1) is 12.6. The van der Waals surface area contributed by atoms with Crippen LogP contribution in [-0.4, -0.2) is 9.67 Å². The highest BCUT2D eigenvalue weighted by atomic mass is 16.5. The zero-order valence-electron chi connectivity index (χ0n) is 11.6. The molecule has 3 heteroatoms. The van der Waals surface area contributed by atoms with Crippen molar-refractivity contribution >= 4 is 10.9 Å². The lowest BCUT2D eigenvalue weighted by Crippen LogP contribution is -1.94. The van der Waals surface area contributed by atoms with Crippen LogP contribution in [0.15, 0.2) is 48.7 Å². The number of aromatic hydroxyl groups is 1. The molecule has 0 spiro atoms. The molecule has 0 aliphatic carbocycles. The van der Waals surface area contributed by atoms with E-state index in [0.717, 1.165) is 5.56 Å². The van der Waals surface area contributed by atoms with Gasteiger partial charge < -0.3 is 14.4 Å². The van der Waals surface area contributed by atoms with Crippen molar-refractivity contribution in [1.29, 1.82) is 0 Å². The van der Waals surface area contributed by atoms with E-state index in [0.29, 0.717) is 12.4 Å². The van der Waals surface area contributed by atoms with Crippen LogP contribution in [0.2, 0.25) is 0 Å². The Hall–Kier alpha value is -2.42. The standard InChI is InChI=1S/C17H17NO2/c1-12-6-7-16-13(10-18(2)17(16)8-12)11-20-15-5-3-4-14(19)9-15/h3-10,19H,11H2,1-2H3. The molecule has 0 aliphatic heterocycles. The molecular weight excluding hydrogens is 250 g/mol. The molecule has 0 amide bonds. The first-order valence-corrected chi connectivity index (χ1v) is 6.60. The van der Waals surface area contributed by atoms with Gasteiger partial charge in [0.1, 0.15) is 18.1 Å². The Morgan fingerprint density at radius 1 is 1.15 bits per heavy atom. The van der Waals surface area contributed by atoms with E-state index in [9.17, 15) is 5.11 Å². The van der Waals surface area contributed by atoms with Gasteiger partial charge in [-0.25, -0.2) is 0 Å². The van der Waals surface area contributed by atoms with Gasteiger partial charge in [-0.3, -0.25) is 0 Å². The summed E-state index contributed by atoms with van der Waals surface area (Å²) in [6.07, 6.45) is 2.09. The Morgan fingerprint density at radius 2 is 2.00 bits per heavy atom. The van der Waals surface area contributed by atoms with E-state index in [1.807, 2.05) is 13.1 Å². The number of phenols is 1. The molecule has 0 unspecified atom stereocenters. The highest BCUT2D eigenvalue weighted by molar-refractivity contribution is 5.84. The van der Waals surface area contributed by atoms with Crippen LogP contribution < -0.4 is 4.74 Å². The normalized spacial score (nSPS) is 10.9. The summed E-state index contributed by atoms with van der Waals surface area (Å²) in [6, 6.07) is 13.3. The fourth-order valence-corrected chi connectivity index (χ4v) is 2.43. The smallest absolute Gasteiger partial charge is 0.123 e. The maximum absolute atomic E-state index is 9.43. The molecule has 0 aliphatic rings. The monoisotopic (exact) mass is 267 g/mol. The molecule has 3 aromatic rings. The quantitative estimate of drug-likeness (QED) is 0.783. The van der Waals surface area contributed by atoms with E-state index in [4.69, 9.17) is 4.74 Å². The summed E-state index contributed by atoms with van der Waals surface area (Å²) in [4.78, 5) is 0. The van der Waals surface area contributed by atoms with Crippen LogP contribution in [0.4, 0.5) is 0 Å². The maximum atomic E-state index is 9.43. The molecule has 3 nitrogen and oxygen atoms in total. The number of aromatic nitrogens is 1. The number of hydrogen-bond donors (Lipinski definition) is 1. The SMILES string of the molecule is Cc1ccc2c(COc3cccc(O)c3)cn(C)c2c1. The van der Waals surface area contributed by atoms with E-state index in [1.54, 1.807) is 18.2 Å². The van der Waals surface area contributed by atoms with Gasteiger partial charge >= 0.3 is 0 Å². The van der Waals surface area contributed by atoms with Crippen LogP contribution in [0, 0.1) is 6.92 Å². The summed E-state index contributed by atoms with van der Waals surface area (Å²) in [6.45, 7) is 2.58. The van der Waals surface area contributed by atoms with Crippen LogP contribution in [0.5, 0.6) is 11.5 Å². The lowest BCUT2D eigenvalue weighted by Gasteiger charge is -2.05. The van der Waals surface area contributed by atoms with Gasteiger partial charge in [0, 0.05) is 35.8 Å². The zero-order valence-corrected chi connectivity index (χ0v) is 11.6. The van der Waals surface area contributed by atoms with Gasteiger partial charge in [0.2, 0.25) is 0 Å². The van der Waals surface area contributed by atoms with Gasteiger partial charge in [-0.2, -0.15) is 0 Å². The van der Waals surface area contributed by atoms with Crippen molar-refractivity contribution in [2.45, 2.75) is 13.5 Å². The molecule has 0 atom stereocenters. The Labute approximate surface area is 118 Å². The van der Waals surface area contributed by atoms with Gasteiger partial charge in [0.25, 0.3) is 0 Å². The second kappa shape index (κ2) is 4.93. The minimum atomic E-state index is 0.219. The fourth-order valence-electron chi connectivity index (χ4n) is 2.43. The van der Waals surface area contributed by atoms with Crippen molar-refractivity contribution in [3.63, 3.8) is 0 Å². The summed E-state index contributed by atoms with van der Waals surface area (Å²) < 4.78 is 7.87. The topological polar surface area (TPSA) is 34.4 Å². The lowest BCUT2D eigenvalue weighted by atomic mass is 10.1. The minimum absolute atomic E-state index is 0.219. The Balaban J connectivity index is 1.88. The van der Waals surface area contributed by atoms with E-state index in [1.165, 1.54) is 16.5 Å². The molecular formula is C17H17NO2. The van der Waals surface area contributed by atoms with Crippen LogP contribution >= 0.6 is 0 Å². The lowest BCUT2D eigenvalue weighted by molar-refractivity contribution is 0.305. The molecule has 20 heavy (non-hydrogen) atoms. The number of ether oxygens (including phenoxy) is 1. The van der Waals surface area contributed by atoms with Gasteiger partial charge in [-0.05, 0) is 30.7 Å². The third-order valence-electron chi connectivity index (χ3n) is 3.44. The minimum Gasteiger partial charge on any atom is -0.508 e. The van der Waals surface area contributed by atoms with E-state index in [-0.39, 0.29) is 5.75 Å². The predicted octanol–water partition coefficient (Wildman–Crippen LogP) is 3.77. The van der Waals surface area contributed by atoms with Gasteiger partial charge in [-0.1, -0.05) is 18.2 Å². The molecule has 1 N–H and O–H groups in total. The van der Waals surface area contributed by atoms with Crippen molar-refractivity contribution in [1.82, 2.24) is 4.57 Å². The molecule has 1 aromatic heterocycles. The third kappa shape index (κ3) is 2.35. The van der Waals surface area contributed by atoms with Crippen molar-refractivity contribution in [2.24, 2.45) is 7.05 Å². The average Bonchev–Trinajstić information content (AvgIpc) is 2.73. The first-order chi connectivity index (χ1) is 9.63. The highest BCUT2D eigenvalue weighted by Gasteiger charge is 2.07. The van der Waals surface area contributed by atoms with Crippen molar-refractivity contribution < 1.29 is 9.84 Å². The van der Waals surface area contributed by atoms with Crippen molar-refractivity contribution in [3.8, 4) is 11.5 Å². The molecule has 0 radical (unpaired) electrons. The second-order valence-electron chi connectivity index (χ2n) is 5.07. The first-order valence-electron chi connectivity index (χ1n) is 6.60.